The van der Waals surface area contributed by atoms with Gasteiger partial charge in [0.2, 0.25) is 0 Å². The van der Waals surface area contributed by atoms with E-state index in [0.717, 1.165) is 24.2 Å². The molecule has 162 valence electrons. The molecule has 0 aliphatic carbocycles. The van der Waals surface area contributed by atoms with Crippen LogP contribution in [0, 0.1) is 11.6 Å². The van der Waals surface area contributed by atoms with Gasteiger partial charge < -0.3 is 15.4 Å². The molecule has 2 heterocycles. The summed E-state index contributed by atoms with van der Waals surface area (Å²) in [5.41, 5.74) is 2.51. The highest BCUT2D eigenvalue weighted by molar-refractivity contribution is 5.71. The molecule has 0 amide bonds. The van der Waals surface area contributed by atoms with Gasteiger partial charge in [-0.3, -0.25) is 4.98 Å². The highest BCUT2D eigenvalue weighted by Crippen LogP contribution is 2.36. The van der Waals surface area contributed by atoms with Gasteiger partial charge in [-0.05, 0) is 31.5 Å². The molecule has 2 aromatic rings. The number of methoxy groups -OCH3 is 1. The van der Waals surface area contributed by atoms with Gasteiger partial charge in [0.25, 0.3) is 0 Å². The molecular weight excluding hydrogens is 384 g/mol. The average molecular weight is 416 g/mol. The van der Waals surface area contributed by atoms with Crippen molar-refractivity contribution in [3.8, 4) is 16.9 Å². The highest BCUT2D eigenvalue weighted by Gasteiger charge is 2.23. The van der Waals surface area contributed by atoms with Gasteiger partial charge in [-0.25, -0.2) is 8.78 Å². The fourth-order valence-corrected chi connectivity index (χ4v) is 3.65. The summed E-state index contributed by atoms with van der Waals surface area (Å²) in [5, 5.41) is 6.58. The zero-order valence-corrected chi connectivity index (χ0v) is 18.6. The molecule has 1 unspecified atom stereocenters. The molecule has 0 saturated carbocycles. The van der Waals surface area contributed by atoms with Crippen molar-refractivity contribution in [2.75, 3.05) is 7.11 Å². The second kappa shape index (κ2) is 8.62. The van der Waals surface area contributed by atoms with Gasteiger partial charge in [0.15, 0.2) is 0 Å². The molecule has 1 aliphatic rings. The predicted molar refractivity (Wildman–Crippen MR) is 116 cm³/mol. The standard InChI is InChI=1S/C24H31F2N3O/c1-7-15-8-16(12-27-15)29-14(2)17-9-21(26)18(10-20(17)25)19-11-23(24(3,4)5)28-13-22(19)30-6/h9-15,27,29H,7-8H2,1-6H3/t14?,15-/m0/s1. The Morgan fingerprint density at radius 3 is 2.53 bits per heavy atom. The van der Waals surface area contributed by atoms with E-state index in [-0.39, 0.29) is 17.0 Å². The summed E-state index contributed by atoms with van der Waals surface area (Å²) in [6.45, 7) is 10.0. The first-order chi connectivity index (χ1) is 14.1. The number of pyridine rings is 1. The Balaban J connectivity index is 1.93. The predicted octanol–water partition coefficient (Wildman–Crippen LogP) is 5.60. The van der Waals surface area contributed by atoms with E-state index in [1.807, 2.05) is 33.9 Å². The number of nitrogens with zero attached hydrogens (tertiary/aromatic N) is 1. The molecule has 1 aromatic heterocycles. The van der Waals surface area contributed by atoms with Crippen molar-refractivity contribution in [2.24, 2.45) is 0 Å². The summed E-state index contributed by atoms with van der Waals surface area (Å²) in [7, 11) is 1.50. The van der Waals surface area contributed by atoms with Crippen LogP contribution in [0.1, 0.15) is 64.8 Å². The van der Waals surface area contributed by atoms with E-state index in [1.165, 1.54) is 19.2 Å². The zero-order chi connectivity index (χ0) is 22.1. The Hall–Kier alpha value is -2.63. The second-order valence-electron chi connectivity index (χ2n) is 8.88. The zero-order valence-electron chi connectivity index (χ0n) is 18.6. The Bertz CT molecular complexity index is 950. The van der Waals surface area contributed by atoms with Crippen molar-refractivity contribution in [3.05, 3.63) is 59.2 Å². The molecule has 0 spiro atoms. The van der Waals surface area contributed by atoms with Crippen LogP contribution >= 0.6 is 0 Å². The fraction of sp³-hybridized carbons (Fsp3) is 0.458. The monoisotopic (exact) mass is 415 g/mol. The van der Waals surface area contributed by atoms with E-state index >= 15 is 8.78 Å². The van der Waals surface area contributed by atoms with Gasteiger partial charge in [-0.2, -0.15) is 0 Å². The molecule has 0 radical (unpaired) electrons. The van der Waals surface area contributed by atoms with E-state index in [1.54, 1.807) is 12.3 Å². The van der Waals surface area contributed by atoms with E-state index in [2.05, 4.69) is 22.5 Å². The first kappa shape index (κ1) is 22.1. The Kier molecular flexibility index (Phi) is 6.34. The van der Waals surface area contributed by atoms with Gasteiger partial charge in [0.1, 0.15) is 17.4 Å². The van der Waals surface area contributed by atoms with Gasteiger partial charge in [-0.15, -0.1) is 0 Å². The molecule has 2 N–H and O–H groups in total. The first-order valence-electron chi connectivity index (χ1n) is 10.4. The summed E-state index contributed by atoms with van der Waals surface area (Å²) in [5.74, 6) is -0.538. The van der Waals surface area contributed by atoms with Crippen LogP contribution in [-0.2, 0) is 5.41 Å². The van der Waals surface area contributed by atoms with Crippen LogP contribution in [0.4, 0.5) is 8.78 Å². The van der Waals surface area contributed by atoms with Crippen molar-refractivity contribution in [1.29, 1.82) is 0 Å². The number of nitrogens with one attached hydrogen (secondary N) is 2. The number of halogens is 2. The lowest BCUT2D eigenvalue weighted by Crippen LogP contribution is -2.20. The minimum absolute atomic E-state index is 0.168. The smallest absolute Gasteiger partial charge is 0.145 e. The van der Waals surface area contributed by atoms with Gasteiger partial charge in [0.05, 0.1) is 19.3 Å². The maximum Gasteiger partial charge on any atom is 0.145 e. The number of rotatable bonds is 6. The SMILES string of the molecule is CC[C@H]1CC(NC(C)c2cc(F)c(-c3cc(C(C)(C)C)ncc3OC)cc2F)=CN1. The average Bonchev–Trinajstić information content (AvgIpc) is 3.15. The molecule has 1 aromatic carbocycles. The van der Waals surface area contributed by atoms with Crippen LogP contribution in [0.2, 0.25) is 0 Å². The van der Waals surface area contributed by atoms with Gasteiger partial charge in [-0.1, -0.05) is 27.7 Å². The number of benzene rings is 1. The van der Waals surface area contributed by atoms with Crippen LogP contribution in [-0.4, -0.2) is 18.1 Å². The molecular formula is C24H31F2N3O. The van der Waals surface area contributed by atoms with E-state index < -0.39 is 11.6 Å². The minimum atomic E-state index is -0.491. The summed E-state index contributed by atoms with van der Waals surface area (Å²) in [6, 6.07) is 4.34. The van der Waals surface area contributed by atoms with Crippen LogP contribution in [0.25, 0.3) is 11.1 Å². The fourth-order valence-electron chi connectivity index (χ4n) is 3.65. The van der Waals surface area contributed by atoms with Gasteiger partial charge in [0, 0.05) is 52.2 Å². The molecule has 0 fully saturated rings. The first-order valence-corrected chi connectivity index (χ1v) is 10.4. The molecule has 2 atom stereocenters. The minimum Gasteiger partial charge on any atom is -0.494 e. The third kappa shape index (κ3) is 4.58. The van der Waals surface area contributed by atoms with Crippen LogP contribution in [0.3, 0.4) is 0 Å². The largest absolute Gasteiger partial charge is 0.494 e. The molecule has 30 heavy (non-hydrogen) atoms. The van der Waals surface area contributed by atoms with Crippen molar-refractivity contribution in [2.45, 2.75) is 65.0 Å². The molecule has 6 heteroatoms. The number of hydrogen-bond acceptors (Lipinski definition) is 4. The van der Waals surface area contributed by atoms with Crippen LogP contribution in [0.15, 0.2) is 36.3 Å². The summed E-state index contributed by atoms with van der Waals surface area (Å²) in [4.78, 5) is 4.41. The number of ether oxygens (including phenoxy) is 1. The van der Waals surface area contributed by atoms with E-state index in [4.69, 9.17) is 4.74 Å². The normalized spacial score (nSPS) is 17.3. The third-order valence-corrected chi connectivity index (χ3v) is 5.55. The lowest BCUT2D eigenvalue weighted by molar-refractivity contribution is 0.412. The Labute approximate surface area is 177 Å². The Morgan fingerprint density at radius 1 is 1.20 bits per heavy atom. The summed E-state index contributed by atoms with van der Waals surface area (Å²) in [6.07, 6.45) is 5.35. The lowest BCUT2D eigenvalue weighted by Gasteiger charge is -2.21. The van der Waals surface area contributed by atoms with E-state index in [9.17, 15) is 0 Å². The quantitative estimate of drug-likeness (QED) is 0.645. The Morgan fingerprint density at radius 2 is 1.93 bits per heavy atom. The van der Waals surface area contributed by atoms with Crippen molar-refractivity contribution >= 4 is 0 Å². The van der Waals surface area contributed by atoms with Crippen LogP contribution in [0.5, 0.6) is 5.75 Å². The second-order valence-corrected chi connectivity index (χ2v) is 8.88. The topological polar surface area (TPSA) is 46.2 Å². The molecule has 3 rings (SSSR count). The van der Waals surface area contributed by atoms with Crippen molar-refractivity contribution in [1.82, 2.24) is 15.6 Å². The molecule has 0 saturated heterocycles. The number of aromatic nitrogens is 1. The molecule has 4 nitrogen and oxygen atoms in total. The molecule has 0 bridgehead atoms. The van der Waals surface area contributed by atoms with Crippen molar-refractivity contribution in [3.63, 3.8) is 0 Å². The van der Waals surface area contributed by atoms with Crippen molar-refractivity contribution < 1.29 is 13.5 Å². The highest BCUT2D eigenvalue weighted by atomic mass is 19.1. The maximum atomic E-state index is 15.2. The lowest BCUT2D eigenvalue weighted by atomic mass is 9.89. The van der Waals surface area contributed by atoms with E-state index in [0.29, 0.717) is 22.9 Å². The van der Waals surface area contributed by atoms with Crippen LogP contribution < -0.4 is 15.4 Å². The maximum absolute atomic E-state index is 15.2. The van der Waals surface area contributed by atoms with Gasteiger partial charge >= 0.3 is 0 Å². The molecule has 1 aliphatic heterocycles. The third-order valence-electron chi connectivity index (χ3n) is 5.55. The number of hydrogen-bond donors (Lipinski definition) is 2. The summed E-state index contributed by atoms with van der Waals surface area (Å²) >= 11 is 0. The summed E-state index contributed by atoms with van der Waals surface area (Å²) < 4.78 is 35.6.